The fourth-order valence-electron chi connectivity index (χ4n) is 4.86. The Morgan fingerprint density at radius 2 is 1.94 bits per heavy atom. The Labute approximate surface area is 204 Å². The van der Waals surface area contributed by atoms with Crippen LogP contribution in [0.3, 0.4) is 0 Å². The van der Waals surface area contributed by atoms with Gasteiger partial charge in [-0.3, -0.25) is 9.59 Å². The van der Waals surface area contributed by atoms with Crippen molar-refractivity contribution in [2.75, 3.05) is 20.8 Å². The van der Waals surface area contributed by atoms with Gasteiger partial charge in [-0.05, 0) is 44.4 Å². The Bertz CT molecular complexity index is 1120. The lowest BCUT2D eigenvalue weighted by Gasteiger charge is -2.44. The minimum Gasteiger partial charge on any atom is -0.493 e. The molecule has 0 bridgehead atoms. The molecule has 1 aliphatic carbocycles. The normalized spacial score (nSPS) is 19.9. The third-order valence-corrected chi connectivity index (χ3v) is 6.79. The van der Waals surface area contributed by atoms with Gasteiger partial charge in [-0.15, -0.1) is 0 Å². The summed E-state index contributed by atoms with van der Waals surface area (Å²) in [7, 11) is 2.79. The van der Waals surface area contributed by atoms with E-state index in [0.29, 0.717) is 18.1 Å². The number of nitrogens with one attached hydrogen (secondary N) is 1. The van der Waals surface area contributed by atoms with Crippen molar-refractivity contribution in [3.05, 3.63) is 41.5 Å². The number of carbonyl (C=O) groups excluding carboxylic acids is 3. The summed E-state index contributed by atoms with van der Waals surface area (Å²) >= 11 is 0. The predicted molar refractivity (Wildman–Crippen MR) is 126 cm³/mol. The number of carbonyl (C=O) groups is 3. The van der Waals surface area contributed by atoms with Crippen LogP contribution in [0.5, 0.6) is 11.5 Å². The number of imidazole rings is 1. The molecule has 10 nitrogen and oxygen atoms in total. The summed E-state index contributed by atoms with van der Waals surface area (Å²) in [6.45, 7) is 4.41. The van der Waals surface area contributed by atoms with E-state index < -0.39 is 17.4 Å². The maximum Gasteiger partial charge on any atom is 0.359 e. The van der Waals surface area contributed by atoms with Crippen LogP contribution < -0.4 is 14.8 Å². The molecule has 2 aliphatic rings. The molecular formula is C25H32N4O6. The molecule has 2 amide bonds. The van der Waals surface area contributed by atoms with E-state index in [1.807, 2.05) is 13.0 Å². The van der Waals surface area contributed by atoms with Crippen molar-refractivity contribution in [2.45, 2.75) is 64.2 Å². The third kappa shape index (κ3) is 4.56. The zero-order chi connectivity index (χ0) is 25.2. The van der Waals surface area contributed by atoms with Gasteiger partial charge in [-0.25, -0.2) is 9.78 Å². The van der Waals surface area contributed by atoms with E-state index in [1.165, 1.54) is 18.3 Å². The predicted octanol–water partition coefficient (Wildman–Crippen LogP) is 2.55. The number of ether oxygens (including phenoxy) is 3. The summed E-state index contributed by atoms with van der Waals surface area (Å²) in [6, 6.07) is 5.51. The second kappa shape index (κ2) is 9.97. The van der Waals surface area contributed by atoms with Crippen molar-refractivity contribution in [3.8, 4) is 11.5 Å². The van der Waals surface area contributed by atoms with Crippen molar-refractivity contribution >= 4 is 17.8 Å². The van der Waals surface area contributed by atoms with Crippen LogP contribution in [-0.4, -0.2) is 64.6 Å². The van der Waals surface area contributed by atoms with E-state index in [0.717, 1.165) is 31.2 Å². The number of rotatable bonds is 8. The second-order valence-electron chi connectivity index (χ2n) is 9.10. The van der Waals surface area contributed by atoms with Gasteiger partial charge in [0.1, 0.15) is 11.2 Å². The average molecular weight is 485 g/mol. The van der Waals surface area contributed by atoms with Gasteiger partial charge in [0.25, 0.3) is 5.91 Å². The standard InChI is InChI=1S/C25H32N4O6/c1-5-35-18-11-10-16(12-19(18)33-3)13-29-22(30)21-20(23(31)34-4)26-15-28(21)14-25(29,2)24(32)27-17-8-6-7-9-17/h10-12,15,17H,5-9,13-14H2,1-4H3,(H,27,32)/t25-/m1/s1. The van der Waals surface area contributed by atoms with Gasteiger partial charge in [0.05, 0.1) is 33.7 Å². The van der Waals surface area contributed by atoms with Gasteiger partial charge in [-0.1, -0.05) is 18.9 Å². The maximum atomic E-state index is 13.8. The van der Waals surface area contributed by atoms with Crippen LogP contribution in [0.15, 0.2) is 24.5 Å². The van der Waals surface area contributed by atoms with Crippen molar-refractivity contribution < 1.29 is 28.6 Å². The molecular weight excluding hydrogens is 452 g/mol. The van der Waals surface area contributed by atoms with Crippen LogP contribution in [0.25, 0.3) is 0 Å². The second-order valence-corrected chi connectivity index (χ2v) is 9.10. The van der Waals surface area contributed by atoms with Crippen LogP contribution in [-0.2, 0) is 22.6 Å². The van der Waals surface area contributed by atoms with Crippen LogP contribution >= 0.6 is 0 Å². The zero-order valence-electron chi connectivity index (χ0n) is 20.6. The number of nitrogens with zero attached hydrogens (tertiary/aromatic N) is 3. The first-order chi connectivity index (χ1) is 16.8. The molecule has 0 spiro atoms. The molecule has 1 N–H and O–H groups in total. The van der Waals surface area contributed by atoms with Gasteiger partial charge in [0, 0.05) is 12.6 Å². The lowest BCUT2D eigenvalue weighted by molar-refractivity contribution is -0.134. The van der Waals surface area contributed by atoms with Gasteiger partial charge in [-0.2, -0.15) is 0 Å². The highest BCUT2D eigenvalue weighted by Gasteiger charge is 2.49. The molecule has 1 aromatic heterocycles. The Hall–Kier alpha value is -3.56. The highest BCUT2D eigenvalue weighted by molar-refractivity contribution is 6.06. The summed E-state index contributed by atoms with van der Waals surface area (Å²) in [5.41, 5.74) is -0.399. The van der Waals surface area contributed by atoms with E-state index in [-0.39, 0.29) is 36.4 Å². The number of amides is 2. The molecule has 4 rings (SSSR count). The first kappa shape index (κ1) is 24.6. The SMILES string of the molecule is CCOc1ccc(CN2C(=O)c3c(C(=O)OC)ncn3C[C@]2(C)C(=O)NC2CCCC2)cc1OC. The lowest BCUT2D eigenvalue weighted by atomic mass is 9.93. The number of aromatic nitrogens is 2. The number of hydrogen-bond donors (Lipinski definition) is 1. The summed E-state index contributed by atoms with van der Waals surface area (Å²) in [5.74, 6) is -0.266. The number of esters is 1. The molecule has 1 aliphatic heterocycles. The van der Waals surface area contributed by atoms with E-state index in [9.17, 15) is 14.4 Å². The molecule has 188 valence electrons. The van der Waals surface area contributed by atoms with Crippen LogP contribution in [0, 0.1) is 0 Å². The van der Waals surface area contributed by atoms with E-state index in [2.05, 4.69) is 10.3 Å². The van der Waals surface area contributed by atoms with E-state index in [4.69, 9.17) is 14.2 Å². The quantitative estimate of drug-likeness (QED) is 0.573. The number of methoxy groups -OCH3 is 2. The number of fused-ring (bicyclic) bond motifs is 1. The van der Waals surface area contributed by atoms with Gasteiger partial charge >= 0.3 is 5.97 Å². The highest BCUT2D eigenvalue weighted by atomic mass is 16.5. The van der Waals surface area contributed by atoms with Crippen molar-refractivity contribution in [3.63, 3.8) is 0 Å². The van der Waals surface area contributed by atoms with Crippen LogP contribution in [0.1, 0.15) is 66.1 Å². The smallest absolute Gasteiger partial charge is 0.359 e. The first-order valence-electron chi connectivity index (χ1n) is 11.9. The molecule has 1 saturated carbocycles. The van der Waals surface area contributed by atoms with Crippen molar-refractivity contribution in [1.29, 1.82) is 0 Å². The maximum absolute atomic E-state index is 13.8. The van der Waals surface area contributed by atoms with Gasteiger partial charge in [0.2, 0.25) is 5.91 Å². The van der Waals surface area contributed by atoms with Crippen molar-refractivity contribution in [1.82, 2.24) is 19.8 Å². The number of benzene rings is 1. The Kier molecular flexibility index (Phi) is 7.00. The fourth-order valence-corrected chi connectivity index (χ4v) is 4.86. The number of hydrogen-bond acceptors (Lipinski definition) is 7. The molecule has 35 heavy (non-hydrogen) atoms. The summed E-state index contributed by atoms with van der Waals surface area (Å²) in [4.78, 5) is 45.4. The van der Waals surface area contributed by atoms with E-state index >= 15 is 0 Å². The molecule has 1 aromatic carbocycles. The minimum atomic E-state index is -1.20. The lowest BCUT2D eigenvalue weighted by Crippen LogP contribution is -2.64. The Morgan fingerprint density at radius 1 is 1.20 bits per heavy atom. The van der Waals surface area contributed by atoms with Crippen LogP contribution in [0.2, 0.25) is 0 Å². The first-order valence-corrected chi connectivity index (χ1v) is 11.9. The zero-order valence-corrected chi connectivity index (χ0v) is 20.6. The molecule has 0 radical (unpaired) electrons. The minimum absolute atomic E-state index is 0.0648. The van der Waals surface area contributed by atoms with Gasteiger partial charge in [0.15, 0.2) is 17.2 Å². The molecule has 2 aromatic rings. The average Bonchev–Trinajstić information content (AvgIpc) is 3.52. The third-order valence-electron chi connectivity index (χ3n) is 6.79. The molecule has 0 unspecified atom stereocenters. The highest BCUT2D eigenvalue weighted by Crippen LogP contribution is 2.34. The fraction of sp³-hybridized carbons (Fsp3) is 0.520. The van der Waals surface area contributed by atoms with E-state index in [1.54, 1.807) is 30.7 Å². The Morgan fingerprint density at radius 3 is 2.60 bits per heavy atom. The van der Waals surface area contributed by atoms with Crippen LogP contribution in [0.4, 0.5) is 0 Å². The molecule has 0 saturated heterocycles. The molecule has 10 heteroatoms. The largest absolute Gasteiger partial charge is 0.493 e. The van der Waals surface area contributed by atoms with Crippen molar-refractivity contribution in [2.24, 2.45) is 0 Å². The Balaban J connectivity index is 1.72. The molecule has 2 heterocycles. The summed E-state index contributed by atoms with van der Waals surface area (Å²) in [6.07, 6.45) is 5.41. The molecule has 1 atom stereocenters. The summed E-state index contributed by atoms with van der Waals surface area (Å²) < 4.78 is 17.5. The topological polar surface area (TPSA) is 112 Å². The summed E-state index contributed by atoms with van der Waals surface area (Å²) in [5, 5.41) is 3.14. The molecule has 1 fully saturated rings. The van der Waals surface area contributed by atoms with Gasteiger partial charge < -0.3 is 29.0 Å². The monoisotopic (exact) mass is 484 g/mol.